The van der Waals surface area contributed by atoms with Gasteiger partial charge >= 0.3 is 5.97 Å². The highest BCUT2D eigenvalue weighted by molar-refractivity contribution is 5.92. The molecule has 0 N–H and O–H groups in total. The van der Waals surface area contributed by atoms with E-state index in [9.17, 15) is 4.79 Å². The molecule has 0 saturated heterocycles. The lowest BCUT2D eigenvalue weighted by Crippen LogP contribution is -2.40. The van der Waals surface area contributed by atoms with Gasteiger partial charge < -0.3 is 9.47 Å². The zero-order valence-corrected chi connectivity index (χ0v) is 13.3. The van der Waals surface area contributed by atoms with Crippen molar-refractivity contribution in [2.24, 2.45) is 0 Å². The van der Waals surface area contributed by atoms with E-state index in [0.717, 1.165) is 16.3 Å². The van der Waals surface area contributed by atoms with Crippen molar-refractivity contribution in [1.82, 2.24) is 0 Å². The van der Waals surface area contributed by atoms with Gasteiger partial charge in [-0.2, -0.15) is 0 Å². The van der Waals surface area contributed by atoms with E-state index in [-0.39, 0.29) is 5.97 Å². The normalized spacial score (nSPS) is 14.7. The van der Waals surface area contributed by atoms with Crippen LogP contribution in [0.4, 0.5) is 0 Å². The minimum Gasteiger partial charge on any atom is -0.458 e. The Hall–Kier alpha value is -1.87. The zero-order chi connectivity index (χ0) is 15.7. The Morgan fingerprint density at radius 2 is 1.57 bits per heavy atom. The molecule has 2 aromatic rings. The highest BCUT2D eigenvalue weighted by Crippen LogP contribution is 2.33. The number of hydrogen-bond donors (Lipinski definition) is 0. The maximum atomic E-state index is 12.6. The fraction of sp³-hybridized carbons (Fsp3) is 0.389. The molecule has 0 bridgehead atoms. The van der Waals surface area contributed by atoms with Crippen LogP contribution in [-0.2, 0) is 19.9 Å². The first-order chi connectivity index (χ1) is 9.78. The van der Waals surface area contributed by atoms with Gasteiger partial charge in [-0.15, -0.1) is 0 Å². The molecule has 0 heterocycles. The van der Waals surface area contributed by atoms with Crippen molar-refractivity contribution in [2.45, 2.75) is 38.9 Å². The standard InChI is InChI=1S/C18H22O3/c1-17(2,3)21-16(19)18(4,20-5)15-12-8-10-13-9-6-7-11-14(13)15/h6-12H,1-5H3. The summed E-state index contributed by atoms with van der Waals surface area (Å²) in [6, 6.07) is 13.8. The lowest BCUT2D eigenvalue weighted by atomic mass is 9.90. The van der Waals surface area contributed by atoms with Crippen molar-refractivity contribution >= 4 is 16.7 Å². The summed E-state index contributed by atoms with van der Waals surface area (Å²) in [7, 11) is 1.53. The first-order valence-corrected chi connectivity index (χ1v) is 7.05. The van der Waals surface area contributed by atoms with E-state index < -0.39 is 11.2 Å². The number of benzene rings is 2. The van der Waals surface area contributed by atoms with E-state index in [1.165, 1.54) is 7.11 Å². The molecule has 0 aliphatic heterocycles. The number of fused-ring (bicyclic) bond motifs is 1. The van der Waals surface area contributed by atoms with Crippen LogP contribution in [-0.4, -0.2) is 18.7 Å². The molecule has 0 saturated carbocycles. The van der Waals surface area contributed by atoms with Crippen molar-refractivity contribution < 1.29 is 14.3 Å². The summed E-state index contributed by atoms with van der Waals surface area (Å²) in [6.45, 7) is 7.31. The Balaban J connectivity index is 2.55. The molecule has 1 unspecified atom stereocenters. The Labute approximate surface area is 125 Å². The molecule has 0 amide bonds. The van der Waals surface area contributed by atoms with Gasteiger partial charge in [-0.25, -0.2) is 4.79 Å². The molecular weight excluding hydrogens is 264 g/mol. The molecule has 0 fully saturated rings. The second-order valence-corrected chi connectivity index (χ2v) is 6.27. The van der Waals surface area contributed by atoms with Gasteiger partial charge in [0.2, 0.25) is 0 Å². The van der Waals surface area contributed by atoms with E-state index in [1.54, 1.807) is 6.92 Å². The summed E-state index contributed by atoms with van der Waals surface area (Å²) < 4.78 is 11.1. The van der Waals surface area contributed by atoms with Gasteiger partial charge in [0.1, 0.15) is 5.60 Å². The Morgan fingerprint density at radius 1 is 0.952 bits per heavy atom. The highest BCUT2D eigenvalue weighted by Gasteiger charge is 2.40. The van der Waals surface area contributed by atoms with Crippen molar-refractivity contribution in [3.63, 3.8) is 0 Å². The Morgan fingerprint density at radius 3 is 2.19 bits per heavy atom. The van der Waals surface area contributed by atoms with E-state index in [0.29, 0.717) is 0 Å². The average Bonchev–Trinajstić information content (AvgIpc) is 2.44. The van der Waals surface area contributed by atoms with Gasteiger partial charge in [0.25, 0.3) is 0 Å². The van der Waals surface area contributed by atoms with Crippen molar-refractivity contribution in [3.05, 3.63) is 48.0 Å². The fourth-order valence-corrected chi connectivity index (χ4v) is 2.32. The molecule has 0 aromatic heterocycles. The van der Waals surface area contributed by atoms with Crippen LogP contribution in [0.3, 0.4) is 0 Å². The molecule has 3 nitrogen and oxygen atoms in total. The van der Waals surface area contributed by atoms with Crippen LogP contribution in [0.25, 0.3) is 10.8 Å². The maximum absolute atomic E-state index is 12.6. The summed E-state index contributed by atoms with van der Waals surface area (Å²) in [5.41, 5.74) is -0.868. The number of methoxy groups -OCH3 is 1. The van der Waals surface area contributed by atoms with E-state index in [1.807, 2.05) is 63.2 Å². The summed E-state index contributed by atoms with van der Waals surface area (Å²) in [5, 5.41) is 2.07. The summed E-state index contributed by atoms with van der Waals surface area (Å²) in [5.74, 6) is -0.381. The van der Waals surface area contributed by atoms with Crippen LogP contribution >= 0.6 is 0 Å². The SMILES string of the molecule is COC(C)(C(=O)OC(C)(C)C)c1cccc2ccccc12. The van der Waals surface area contributed by atoms with Gasteiger partial charge in [-0.1, -0.05) is 42.5 Å². The quantitative estimate of drug-likeness (QED) is 0.799. The summed E-state index contributed by atoms with van der Waals surface area (Å²) in [6.07, 6.45) is 0. The molecule has 3 heteroatoms. The number of rotatable bonds is 3. The Bertz CT molecular complexity index is 650. The highest BCUT2D eigenvalue weighted by atomic mass is 16.6. The minimum atomic E-state index is -1.13. The number of esters is 1. The number of ether oxygens (including phenoxy) is 2. The van der Waals surface area contributed by atoms with Gasteiger partial charge in [0, 0.05) is 12.7 Å². The van der Waals surface area contributed by atoms with Crippen LogP contribution < -0.4 is 0 Å². The molecule has 2 rings (SSSR count). The minimum absolute atomic E-state index is 0.381. The zero-order valence-electron chi connectivity index (χ0n) is 13.3. The number of carbonyl (C=O) groups is 1. The maximum Gasteiger partial charge on any atom is 0.343 e. The van der Waals surface area contributed by atoms with Crippen molar-refractivity contribution in [3.8, 4) is 0 Å². The molecule has 1 atom stereocenters. The lowest BCUT2D eigenvalue weighted by molar-refractivity contribution is -0.179. The third kappa shape index (κ3) is 3.08. The molecule has 0 aliphatic rings. The molecule has 0 aliphatic carbocycles. The molecular formula is C18H22O3. The predicted molar refractivity (Wildman–Crippen MR) is 84.2 cm³/mol. The van der Waals surface area contributed by atoms with Crippen molar-refractivity contribution in [2.75, 3.05) is 7.11 Å². The van der Waals surface area contributed by atoms with E-state index in [4.69, 9.17) is 9.47 Å². The summed E-state index contributed by atoms with van der Waals surface area (Å²) in [4.78, 5) is 12.6. The monoisotopic (exact) mass is 286 g/mol. The van der Waals surface area contributed by atoms with Gasteiger partial charge in [0.15, 0.2) is 5.60 Å². The Kier molecular flexibility index (Phi) is 4.06. The fourth-order valence-electron chi connectivity index (χ4n) is 2.32. The third-order valence-electron chi connectivity index (χ3n) is 3.50. The van der Waals surface area contributed by atoms with Gasteiger partial charge in [-0.3, -0.25) is 0 Å². The number of carbonyl (C=O) groups excluding carboxylic acids is 1. The largest absolute Gasteiger partial charge is 0.458 e. The second kappa shape index (κ2) is 5.49. The van der Waals surface area contributed by atoms with Crippen LogP contribution in [0, 0.1) is 0 Å². The third-order valence-corrected chi connectivity index (χ3v) is 3.50. The van der Waals surface area contributed by atoms with E-state index in [2.05, 4.69) is 0 Å². The van der Waals surface area contributed by atoms with Crippen LogP contribution in [0.2, 0.25) is 0 Å². The van der Waals surface area contributed by atoms with Gasteiger partial charge in [0.05, 0.1) is 0 Å². The van der Waals surface area contributed by atoms with Crippen LogP contribution in [0.15, 0.2) is 42.5 Å². The predicted octanol–water partition coefficient (Wildman–Crippen LogP) is 4.04. The molecule has 0 spiro atoms. The molecule has 2 aromatic carbocycles. The second-order valence-electron chi connectivity index (χ2n) is 6.27. The molecule has 112 valence electrons. The smallest absolute Gasteiger partial charge is 0.343 e. The number of hydrogen-bond acceptors (Lipinski definition) is 3. The average molecular weight is 286 g/mol. The first-order valence-electron chi connectivity index (χ1n) is 7.05. The van der Waals surface area contributed by atoms with Crippen LogP contribution in [0.5, 0.6) is 0 Å². The summed E-state index contributed by atoms with van der Waals surface area (Å²) >= 11 is 0. The lowest BCUT2D eigenvalue weighted by Gasteiger charge is -2.31. The topological polar surface area (TPSA) is 35.5 Å². The van der Waals surface area contributed by atoms with Gasteiger partial charge in [-0.05, 0) is 38.5 Å². The molecule has 0 radical (unpaired) electrons. The van der Waals surface area contributed by atoms with Crippen molar-refractivity contribution in [1.29, 1.82) is 0 Å². The van der Waals surface area contributed by atoms with E-state index >= 15 is 0 Å². The first kappa shape index (κ1) is 15.5. The van der Waals surface area contributed by atoms with Crippen LogP contribution in [0.1, 0.15) is 33.3 Å². The molecule has 21 heavy (non-hydrogen) atoms.